The van der Waals surface area contributed by atoms with Crippen LogP contribution in [0.15, 0.2) is 42.5 Å². The van der Waals surface area contributed by atoms with E-state index in [0.29, 0.717) is 12.2 Å². The van der Waals surface area contributed by atoms with Gasteiger partial charge in [0.2, 0.25) is 11.8 Å². The molecule has 0 unspecified atom stereocenters. The number of carbonyl (C=O) groups is 3. The molecule has 6 heteroatoms. The summed E-state index contributed by atoms with van der Waals surface area (Å²) in [7, 11) is 0. The van der Waals surface area contributed by atoms with Gasteiger partial charge in [0.05, 0.1) is 11.5 Å². The zero-order chi connectivity index (χ0) is 18.8. The Morgan fingerprint density at radius 2 is 1.81 bits per heavy atom. The molecule has 0 bridgehead atoms. The van der Waals surface area contributed by atoms with Crippen LogP contribution in [-0.4, -0.2) is 29.4 Å². The largest absolute Gasteiger partial charge is 0.478 e. The Morgan fingerprint density at radius 1 is 1.12 bits per heavy atom. The highest BCUT2D eigenvalue weighted by atomic mass is 16.4. The zero-order valence-electron chi connectivity index (χ0n) is 14.7. The maximum atomic E-state index is 12.5. The molecule has 6 nitrogen and oxygen atoms in total. The number of benzene rings is 2. The second kappa shape index (κ2) is 7.00. The third kappa shape index (κ3) is 3.59. The van der Waals surface area contributed by atoms with Crippen LogP contribution in [0.5, 0.6) is 0 Å². The number of hydrogen-bond donors (Lipinski definition) is 2. The van der Waals surface area contributed by atoms with Gasteiger partial charge in [-0.1, -0.05) is 17.7 Å². The molecule has 134 valence electrons. The van der Waals surface area contributed by atoms with E-state index in [0.717, 1.165) is 16.8 Å². The summed E-state index contributed by atoms with van der Waals surface area (Å²) in [6.45, 7) is 4.28. The molecule has 1 heterocycles. The Hall–Kier alpha value is -3.15. The maximum Gasteiger partial charge on any atom is 0.335 e. The number of carboxylic acid groups (broad SMARTS) is 1. The quantitative estimate of drug-likeness (QED) is 0.886. The first-order chi connectivity index (χ1) is 12.3. The highest BCUT2D eigenvalue weighted by molar-refractivity contribution is 6.04. The first-order valence-corrected chi connectivity index (χ1v) is 8.37. The number of rotatable bonds is 4. The van der Waals surface area contributed by atoms with Gasteiger partial charge in [-0.05, 0) is 49.7 Å². The van der Waals surface area contributed by atoms with E-state index < -0.39 is 11.9 Å². The molecule has 2 N–H and O–H groups in total. The van der Waals surface area contributed by atoms with E-state index in [1.54, 1.807) is 17.0 Å². The van der Waals surface area contributed by atoms with Crippen LogP contribution in [0.4, 0.5) is 11.4 Å². The lowest BCUT2D eigenvalue weighted by Gasteiger charge is -2.19. The average Bonchev–Trinajstić information content (AvgIpc) is 2.97. The van der Waals surface area contributed by atoms with Crippen molar-refractivity contribution < 1.29 is 19.5 Å². The van der Waals surface area contributed by atoms with Gasteiger partial charge in [-0.3, -0.25) is 9.59 Å². The predicted octanol–water partition coefficient (Wildman–Crippen LogP) is 2.99. The van der Waals surface area contributed by atoms with Crippen molar-refractivity contribution in [3.05, 3.63) is 59.2 Å². The summed E-state index contributed by atoms with van der Waals surface area (Å²) in [5, 5.41) is 11.7. The highest BCUT2D eigenvalue weighted by Gasteiger charge is 2.35. The van der Waals surface area contributed by atoms with Gasteiger partial charge >= 0.3 is 5.97 Å². The van der Waals surface area contributed by atoms with Gasteiger partial charge in [-0.2, -0.15) is 0 Å². The van der Waals surface area contributed by atoms with Crippen molar-refractivity contribution in [3.8, 4) is 0 Å². The first kappa shape index (κ1) is 17.7. The lowest BCUT2D eigenvalue weighted by molar-refractivity contribution is -0.122. The van der Waals surface area contributed by atoms with Crippen LogP contribution in [0.25, 0.3) is 0 Å². The smallest absolute Gasteiger partial charge is 0.335 e. The second-order valence-electron chi connectivity index (χ2n) is 6.57. The summed E-state index contributed by atoms with van der Waals surface area (Å²) >= 11 is 0. The van der Waals surface area contributed by atoms with Crippen LogP contribution in [0.1, 0.15) is 27.9 Å². The molecule has 0 spiro atoms. The minimum atomic E-state index is -1.02. The van der Waals surface area contributed by atoms with Crippen LogP contribution >= 0.6 is 0 Å². The lowest BCUT2D eigenvalue weighted by atomic mass is 10.1. The SMILES string of the molecule is Cc1ccc(N2C[C@@H](C(=O)Nc3ccc(C(=O)O)cc3)CC2=O)c(C)c1. The first-order valence-electron chi connectivity index (χ1n) is 8.37. The van der Waals surface area contributed by atoms with Gasteiger partial charge < -0.3 is 15.3 Å². The number of nitrogens with zero attached hydrogens (tertiary/aromatic N) is 1. The summed E-state index contributed by atoms with van der Waals surface area (Å²) in [6.07, 6.45) is 0.159. The van der Waals surface area contributed by atoms with E-state index in [2.05, 4.69) is 5.32 Å². The van der Waals surface area contributed by atoms with Crippen LogP contribution in [-0.2, 0) is 9.59 Å². The van der Waals surface area contributed by atoms with Crippen molar-refractivity contribution in [2.24, 2.45) is 5.92 Å². The van der Waals surface area contributed by atoms with Gasteiger partial charge in [0.25, 0.3) is 0 Å². The molecule has 1 aliphatic rings. The van der Waals surface area contributed by atoms with Gasteiger partial charge in [0.15, 0.2) is 0 Å². The van der Waals surface area contributed by atoms with Crippen LogP contribution in [0.2, 0.25) is 0 Å². The number of amides is 2. The summed E-state index contributed by atoms with van der Waals surface area (Å²) in [4.78, 5) is 37.4. The Balaban J connectivity index is 1.69. The molecule has 2 aromatic carbocycles. The summed E-state index contributed by atoms with van der Waals surface area (Å²) < 4.78 is 0. The van der Waals surface area contributed by atoms with E-state index in [1.807, 2.05) is 32.0 Å². The van der Waals surface area contributed by atoms with E-state index in [9.17, 15) is 14.4 Å². The number of nitrogens with one attached hydrogen (secondary N) is 1. The number of hydrogen-bond acceptors (Lipinski definition) is 3. The van der Waals surface area contributed by atoms with Gasteiger partial charge in [-0.25, -0.2) is 4.79 Å². The van der Waals surface area contributed by atoms with Crippen LogP contribution in [0, 0.1) is 19.8 Å². The number of carboxylic acids is 1. The van der Waals surface area contributed by atoms with Gasteiger partial charge in [0.1, 0.15) is 0 Å². The highest BCUT2D eigenvalue weighted by Crippen LogP contribution is 2.29. The van der Waals surface area contributed by atoms with Crippen molar-refractivity contribution in [1.29, 1.82) is 0 Å². The fourth-order valence-corrected chi connectivity index (χ4v) is 3.16. The average molecular weight is 352 g/mol. The molecule has 2 amide bonds. The number of carbonyl (C=O) groups excluding carboxylic acids is 2. The van der Waals surface area contributed by atoms with E-state index in [1.165, 1.54) is 12.1 Å². The normalized spacial score (nSPS) is 16.6. The minimum absolute atomic E-state index is 0.0710. The molecule has 0 saturated carbocycles. The molecule has 3 rings (SSSR count). The molecular formula is C20H20N2O4. The van der Waals surface area contributed by atoms with E-state index in [-0.39, 0.29) is 23.8 Å². The van der Waals surface area contributed by atoms with Crippen LogP contribution in [0.3, 0.4) is 0 Å². The number of anilines is 2. The Morgan fingerprint density at radius 3 is 2.42 bits per heavy atom. The molecule has 0 radical (unpaired) electrons. The van der Waals surface area contributed by atoms with Crippen molar-refractivity contribution in [1.82, 2.24) is 0 Å². The molecular weight excluding hydrogens is 332 g/mol. The van der Waals surface area contributed by atoms with Crippen molar-refractivity contribution in [2.75, 3.05) is 16.8 Å². The summed E-state index contributed by atoms with van der Waals surface area (Å²) in [6, 6.07) is 11.8. The van der Waals surface area contributed by atoms with Crippen LogP contribution < -0.4 is 10.2 Å². The predicted molar refractivity (Wildman–Crippen MR) is 98.4 cm³/mol. The van der Waals surface area contributed by atoms with Gasteiger partial charge in [-0.15, -0.1) is 0 Å². The Labute approximate surface area is 151 Å². The molecule has 1 fully saturated rings. The van der Waals surface area contributed by atoms with E-state index >= 15 is 0 Å². The second-order valence-corrected chi connectivity index (χ2v) is 6.57. The fourth-order valence-electron chi connectivity index (χ4n) is 3.16. The molecule has 1 aliphatic heterocycles. The standard InChI is InChI=1S/C20H20N2O4/c1-12-3-8-17(13(2)9-12)22-11-15(10-18(22)23)19(24)21-16-6-4-14(5-7-16)20(25)26/h3-9,15H,10-11H2,1-2H3,(H,21,24)(H,25,26)/t15-/m0/s1. The van der Waals surface area contributed by atoms with Crippen molar-refractivity contribution >= 4 is 29.2 Å². The fraction of sp³-hybridized carbons (Fsp3) is 0.250. The molecule has 26 heavy (non-hydrogen) atoms. The molecule has 2 aromatic rings. The van der Waals surface area contributed by atoms with Gasteiger partial charge in [0, 0.05) is 24.3 Å². The summed E-state index contributed by atoms with van der Waals surface area (Å²) in [5.41, 5.74) is 3.62. The minimum Gasteiger partial charge on any atom is -0.478 e. The Bertz CT molecular complexity index is 874. The molecule has 0 aromatic heterocycles. The number of aryl methyl sites for hydroxylation is 2. The third-order valence-electron chi connectivity index (χ3n) is 4.54. The topological polar surface area (TPSA) is 86.7 Å². The number of aromatic carboxylic acids is 1. The van der Waals surface area contributed by atoms with Crippen molar-refractivity contribution in [2.45, 2.75) is 20.3 Å². The zero-order valence-corrected chi connectivity index (χ0v) is 14.7. The molecule has 1 atom stereocenters. The lowest BCUT2D eigenvalue weighted by Crippen LogP contribution is -2.28. The third-order valence-corrected chi connectivity index (χ3v) is 4.54. The maximum absolute atomic E-state index is 12.5. The Kier molecular flexibility index (Phi) is 4.75. The monoisotopic (exact) mass is 352 g/mol. The molecule has 0 aliphatic carbocycles. The van der Waals surface area contributed by atoms with E-state index in [4.69, 9.17) is 5.11 Å². The molecule has 1 saturated heterocycles. The summed E-state index contributed by atoms with van der Waals surface area (Å²) in [5.74, 6) is -1.78. The van der Waals surface area contributed by atoms with Crippen molar-refractivity contribution in [3.63, 3.8) is 0 Å².